The van der Waals surface area contributed by atoms with Crippen molar-refractivity contribution in [2.45, 2.75) is 38.1 Å². The fourth-order valence-electron chi connectivity index (χ4n) is 1.90. The molecule has 1 aromatic heterocycles. The van der Waals surface area contributed by atoms with Gasteiger partial charge in [-0.3, -0.25) is 0 Å². The zero-order valence-corrected chi connectivity index (χ0v) is 8.61. The van der Waals surface area contributed by atoms with Gasteiger partial charge in [-0.15, -0.1) is 0 Å². The van der Waals surface area contributed by atoms with Gasteiger partial charge in [0.05, 0.1) is 0 Å². The van der Waals surface area contributed by atoms with Gasteiger partial charge >= 0.3 is 0 Å². The van der Waals surface area contributed by atoms with Gasteiger partial charge in [-0.05, 0) is 12.8 Å². The molecule has 1 aliphatic rings. The van der Waals surface area contributed by atoms with Gasteiger partial charge in [0.1, 0.15) is 0 Å². The van der Waals surface area contributed by atoms with E-state index in [0.717, 1.165) is 12.8 Å². The highest BCUT2D eigenvalue weighted by Crippen LogP contribution is 2.20. The van der Waals surface area contributed by atoms with Crippen LogP contribution in [0, 0.1) is 0 Å². The average molecular weight is 208 g/mol. The molecule has 2 rings (SSSR count). The molecule has 0 amide bonds. The first-order chi connectivity index (χ1) is 7.24. The molecule has 0 bridgehead atoms. The number of rotatable bonds is 2. The Morgan fingerprint density at radius 1 is 0.933 bits per heavy atom. The van der Waals surface area contributed by atoms with Crippen LogP contribution in [0.4, 0.5) is 17.8 Å². The first-order valence-corrected chi connectivity index (χ1v) is 5.27. The summed E-state index contributed by atoms with van der Waals surface area (Å²) in [6.45, 7) is 0. The van der Waals surface area contributed by atoms with E-state index in [1.54, 1.807) is 0 Å². The fourth-order valence-corrected chi connectivity index (χ4v) is 1.90. The summed E-state index contributed by atoms with van der Waals surface area (Å²) in [5, 5.41) is 3.24. The molecule has 1 saturated carbocycles. The predicted octanol–water partition coefficient (Wildman–Crippen LogP) is 0.781. The van der Waals surface area contributed by atoms with Crippen molar-refractivity contribution in [2.75, 3.05) is 16.8 Å². The number of nitrogens with two attached hydrogens (primary N) is 2. The van der Waals surface area contributed by atoms with Crippen LogP contribution in [0.1, 0.15) is 32.1 Å². The van der Waals surface area contributed by atoms with E-state index in [-0.39, 0.29) is 11.9 Å². The zero-order chi connectivity index (χ0) is 10.7. The summed E-state index contributed by atoms with van der Waals surface area (Å²) in [5.74, 6) is 0.827. The lowest BCUT2D eigenvalue weighted by molar-refractivity contribution is 0.461. The SMILES string of the molecule is Nc1nc(N)nc(NC2CCCCC2)n1. The second-order valence-corrected chi connectivity index (χ2v) is 3.85. The van der Waals surface area contributed by atoms with E-state index in [1.807, 2.05) is 0 Å². The molecule has 0 saturated heterocycles. The van der Waals surface area contributed by atoms with Crippen LogP contribution >= 0.6 is 0 Å². The molecule has 0 aromatic carbocycles. The maximum atomic E-state index is 5.48. The third kappa shape index (κ3) is 2.68. The van der Waals surface area contributed by atoms with Crippen LogP contribution in [0.3, 0.4) is 0 Å². The number of nitrogen functional groups attached to an aromatic ring is 2. The summed E-state index contributed by atoms with van der Waals surface area (Å²) in [4.78, 5) is 11.7. The number of hydrogen-bond donors (Lipinski definition) is 3. The van der Waals surface area contributed by atoms with Crippen molar-refractivity contribution in [3.63, 3.8) is 0 Å². The number of hydrogen-bond acceptors (Lipinski definition) is 6. The minimum atomic E-state index is 0.167. The number of anilines is 3. The fraction of sp³-hybridized carbons (Fsp3) is 0.667. The molecular weight excluding hydrogens is 192 g/mol. The molecule has 1 aromatic rings. The average Bonchev–Trinajstić information content (AvgIpc) is 2.17. The van der Waals surface area contributed by atoms with E-state index in [2.05, 4.69) is 20.3 Å². The van der Waals surface area contributed by atoms with Crippen molar-refractivity contribution in [2.24, 2.45) is 0 Å². The normalized spacial score (nSPS) is 17.6. The van der Waals surface area contributed by atoms with Gasteiger partial charge in [0.15, 0.2) is 0 Å². The highest BCUT2D eigenvalue weighted by molar-refractivity contribution is 5.37. The van der Waals surface area contributed by atoms with Gasteiger partial charge in [0.2, 0.25) is 17.8 Å². The summed E-state index contributed by atoms with van der Waals surface area (Å²) in [5.41, 5.74) is 11.0. The molecule has 0 atom stereocenters. The molecule has 0 aliphatic heterocycles. The monoisotopic (exact) mass is 208 g/mol. The lowest BCUT2D eigenvalue weighted by atomic mass is 9.96. The van der Waals surface area contributed by atoms with Gasteiger partial charge < -0.3 is 16.8 Å². The first kappa shape index (κ1) is 9.95. The van der Waals surface area contributed by atoms with E-state index >= 15 is 0 Å². The Morgan fingerprint density at radius 2 is 1.53 bits per heavy atom. The zero-order valence-electron chi connectivity index (χ0n) is 8.61. The molecular formula is C9H16N6. The lowest BCUT2D eigenvalue weighted by Crippen LogP contribution is -2.24. The molecule has 6 nitrogen and oxygen atoms in total. The number of aromatic nitrogens is 3. The van der Waals surface area contributed by atoms with Crippen molar-refractivity contribution in [3.05, 3.63) is 0 Å². The van der Waals surface area contributed by atoms with Crippen LogP contribution in [-0.2, 0) is 0 Å². The minimum absolute atomic E-state index is 0.167. The van der Waals surface area contributed by atoms with E-state index in [1.165, 1.54) is 19.3 Å². The standard InChI is InChI=1S/C9H16N6/c10-7-13-8(11)15-9(14-7)12-6-4-2-1-3-5-6/h6H,1-5H2,(H5,10,11,12,13,14,15). The first-order valence-electron chi connectivity index (χ1n) is 5.27. The second-order valence-electron chi connectivity index (χ2n) is 3.85. The highest BCUT2D eigenvalue weighted by Gasteiger charge is 2.14. The van der Waals surface area contributed by atoms with Crippen molar-refractivity contribution in [1.29, 1.82) is 0 Å². The van der Waals surface area contributed by atoms with Crippen LogP contribution in [-0.4, -0.2) is 21.0 Å². The van der Waals surface area contributed by atoms with Crippen molar-refractivity contribution in [3.8, 4) is 0 Å². The van der Waals surface area contributed by atoms with Gasteiger partial charge in [0, 0.05) is 6.04 Å². The largest absolute Gasteiger partial charge is 0.368 e. The number of nitrogens with zero attached hydrogens (tertiary/aromatic N) is 3. The molecule has 0 radical (unpaired) electrons. The maximum Gasteiger partial charge on any atom is 0.229 e. The van der Waals surface area contributed by atoms with Gasteiger partial charge in [-0.1, -0.05) is 19.3 Å². The van der Waals surface area contributed by atoms with Gasteiger partial charge in [-0.2, -0.15) is 15.0 Å². The maximum absolute atomic E-state index is 5.48. The Morgan fingerprint density at radius 3 is 2.13 bits per heavy atom. The van der Waals surface area contributed by atoms with Crippen LogP contribution in [0.2, 0.25) is 0 Å². The molecule has 6 heteroatoms. The summed E-state index contributed by atoms with van der Waals surface area (Å²) in [6, 6.07) is 0.444. The van der Waals surface area contributed by atoms with Crippen LogP contribution in [0.15, 0.2) is 0 Å². The van der Waals surface area contributed by atoms with Gasteiger partial charge in [0.25, 0.3) is 0 Å². The Kier molecular flexibility index (Phi) is 2.84. The van der Waals surface area contributed by atoms with E-state index in [4.69, 9.17) is 11.5 Å². The van der Waals surface area contributed by atoms with E-state index in [0.29, 0.717) is 12.0 Å². The molecule has 82 valence electrons. The molecule has 1 aliphatic carbocycles. The van der Waals surface area contributed by atoms with Crippen molar-refractivity contribution < 1.29 is 0 Å². The topological polar surface area (TPSA) is 103 Å². The smallest absolute Gasteiger partial charge is 0.229 e. The summed E-state index contributed by atoms with van der Waals surface area (Å²) < 4.78 is 0. The van der Waals surface area contributed by atoms with Crippen molar-refractivity contribution in [1.82, 2.24) is 15.0 Å². The molecule has 1 fully saturated rings. The molecule has 1 heterocycles. The highest BCUT2D eigenvalue weighted by atomic mass is 15.2. The van der Waals surface area contributed by atoms with Crippen LogP contribution in [0.25, 0.3) is 0 Å². The Balaban J connectivity index is 2.02. The van der Waals surface area contributed by atoms with Crippen LogP contribution in [0.5, 0.6) is 0 Å². The van der Waals surface area contributed by atoms with Crippen LogP contribution < -0.4 is 16.8 Å². The summed E-state index contributed by atoms with van der Waals surface area (Å²) in [7, 11) is 0. The second kappa shape index (κ2) is 4.29. The van der Waals surface area contributed by atoms with E-state index in [9.17, 15) is 0 Å². The Hall–Kier alpha value is -1.59. The third-order valence-electron chi connectivity index (χ3n) is 2.61. The quantitative estimate of drug-likeness (QED) is 0.663. The number of nitrogens with one attached hydrogen (secondary N) is 1. The minimum Gasteiger partial charge on any atom is -0.368 e. The molecule has 0 spiro atoms. The molecule has 0 unspecified atom stereocenters. The van der Waals surface area contributed by atoms with Gasteiger partial charge in [-0.25, -0.2) is 0 Å². The van der Waals surface area contributed by atoms with Crippen molar-refractivity contribution >= 4 is 17.8 Å². The Labute approximate surface area is 88.5 Å². The summed E-state index contributed by atoms with van der Waals surface area (Å²) >= 11 is 0. The Bertz CT molecular complexity index is 313. The predicted molar refractivity (Wildman–Crippen MR) is 59.1 cm³/mol. The lowest BCUT2D eigenvalue weighted by Gasteiger charge is -2.22. The van der Waals surface area contributed by atoms with E-state index < -0.39 is 0 Å². The summed E-state index contributed by atoms with van der Waals surface area (Å²) in [6.07, 6.45) is 6.15. The third-order valence-corrected chi connectivity index (χ3v) is 2.61. The molecule has 5 N–H and O–H groups in total. The molecule has 15 heavy (non-hydrogen) atoms.